The van der Waals surface area contributed by atoms with Crippen LogP contribution in [0.2, 0.25) is 0 Å². The van der Waals surface area contributed by atoms with Crippen molar-refractivity contribution < 1.29 is 22.3 Å². The summed E-state index contributed by atoms with van der Waals surface area (Å²) < 4.78 is 47.9. The van der Waals surface area contributed by atoms with Crippen LogP contribution in [0, 0.1) is 0 Å². The van der Waals surface area contributed by atoms with Gasteiger partial charge in [0.1, 0.15) is 11.1 Å². The van der Waals surface area contributed by atoms with Gasteiger partial charge in [0.2, 0.25) is 5.75 Å². The van der Waals surface area contributed by atoms with Gasteiger partial charge in [-0.25, -0.2) is 4.79 Å². The van der Waals surface area contributed by atoms with Gasteiger partial charge in [-0.05, 0) is 6.07 Å². The quantitative estimate of drug-likeness (QED) is 0.724. The lowest BCUT2D eigenvalue weighted by Crippen LogP contribution is -2.15. The first kappa shape index (κ1) is 11.5. The van der Waals surface area contributed by atoms with E-state index in [1.807, 2.05) is 0 Å². The molecule has 0 unspecified atom stereocenters. The zero-order valence-electron chi connectivity index (χ0n) is 8.67. The van der Waals surface area contributed by atoms with E-state index >= 15 is 0 Å². The van der Waals surface area contributed by atoms with Gasteiger partial charge in [0.05, 0.1) is 7.11 Å². The maximum absolute atomic E-state index is 12.9. The zero-order valence-corrected chi connectivity index (χ0v) is 8.67. The van der Waals surface area contributed by atoms with Crippen LogP contribution in [0.1, 0.15) is 5.56 Å². The van der Waals surface area contributed by atoms with Crippen molar-refractivity contribution in [3.63, 3.8) is 0 Å². The summed E-state index contributed by atoms with van der Waals surface area (Å²) >= 11 is 0. The molecule has 0 amide bonds. The Hall–Kier alpha value is -1.98. The van der Waals surface area contributed by atoms with Gasteiger partial charge in [0, 0.05) is 5.39 Å². The number of hydrogen-bond acceptors (Lipinski definition) is 3. The Kier molecular flexibility index (Phi) is 2.57. The van der Waals surface area contributed by atoms with Gasteiger partial charge in [0.25, 0.3) is 0 Å². The van der Waals surface area contributed by atoms with Crippen molar-refractivity contribution in [2.75, 3.05) is 7.11 Å². The molecule has 0 saturated heterocycles. The Morgan fingerprint density at radius 2 is 1.88 bits per heavy atom. The summed E-state index contributed by atoms with van der Waals surface area (Å²) in [5, 5.41) is -0.198. The summed E-state index contributed by atoms with van der Waals surface area (Å²) in [4.78, 5) is 11.3. The van der Waals surface area contributed by atoms with Gasteiger partial charge in [-0.15, -0.1) is 0 Å². The minimum absolute atomic E-state index is 0.120. The molecule has 0 bridgehead atoms. The predicted molar refractivity (Wildman–Crippen MR) is 54.0 cm³/mol. The second-order valence-corrected chi connectivity index (χ2v) is 3.29. The SMILES string of the molecule is COc1c(C(F)(F)F)c2ccccc2oc1=O. The molecule has 6 heteroatoms. The van der Waals surface area contributed by atoms with Gasteiger partial charge in [0.15, 0.2) is 0 Å². The van der Waals surface area contributed by atoms with Crippen molar-refractivity contribution >= 4 is 11.0 Å². The van der Waals surface area contributed by atoms with E-state index in [0.717, 1.165) is 7.11 Å². The lowest BCUT2D eigenvalue weighted by molar-refractivity contribution is -0.137. The highest BCUT2D eigenvalue weighted by molar-refractivity contribution is 5.82. The topological polar surface area (TPSA) is 39.4 Å². The van der Waals surface area contributed by atoms with E-state index < -0.39 is 23.1 Å². The zero-order chi connectivity index (χ0) is 12.6. The highest BCUT2D eigenvalue weighted by Gasteiger charge is 2.38. The highest BCUT2D eigenvalue weighted by atomic mass is 19.4. The molecule has 3 nitrogen and oxygen atoms in total. The number of fused-ring (bicyclic) bond motifs is 1. The standard InChI is InChI=1S/C11H7F3O3/c1-16-9-8(11(12,13)14)6-4-2-3-5-7(6)17-10(9)15/h2-5H,1H3. The highest BCUT2D eigenvalue weighted by Crippen LogP contribution is 2.39. The predicted octanol–water partition coefficient (Wildman–Crippen LogP) is 2.82. The summed E-state index contributed by atoms with van der Waals surface area (Å²) in [5.74, 6) is -0.823. The molecule has 90 valence electrons. The molecular formula is C11H7F3O3. The molecule has 1 aromatic carbocycles. The third-order valence-electron chi connectivity index (χ3n) is 2.26. The molecule has 0 N–H and O–H groups in total. The van der Waals surface area contributed by atoms with Crippen LogP contribution in [-0.2, 0) is 6.18 Å². The van der Waals surface area contributed by atoms with Crippen molar-refractivity contribution in [3.8, 4) is 5.75 Å². The largest absolute Gasteiger partial charge is 0.489 e. The van der Waals surface area contributed by atoms with E-state index in [-0.39, 0.29) is 11.0 Å². The second kappa shape index (κ2) is 3.80. The van der Waals surface area contributed by atoms with Crippen LogP contribution < -0.4 is 10.4 Å². The maximum Gasteiger partial charge on any atom is 0.420 e. The lowest BCUT2D eigenvalue weighted by atomic mass is 10.1. The fourth-order valence-corrected chi connectivity index (χ4v) is 1.60. The van der Waals surface area contributed by atoms with Gasteiger partial charge in [-0.1, -0.05) is 18.2 Å². The maximum atomic E-state index is 12.9. The Morgan fingerprint density at radius 3 is 2.47 bits per heavy atom. The number of ether oxygens (including phenoxy) is 1. The number of hydrogen-bond donors (Lipinski definition) is 0. The molecule has 0 aliphatic rings. The fraction of sp³-hybridized carbons (Fsp3) is 0.182. The van der Waals surface area contributed by atoms with Crippen molar-refractivity contribution in [2.24, 2.45) is 0 Å². The molecule has 0 aliphatic heterocycles. The molecule has 2 aromatic rings. The summed E-state index contributed by atoms with van der Waals surface area (Å²) in [6, 6.07) is 5.43. The molecule has 1 aromatic heterocycles. The Balaban J connectivity index is 2.98. The van der Waals surface area contributed by atoms with Crippen molar-refractivity contribution in [1.82, 2.24) is 0 Å². The molecule has 0 saturated carbocycles. The number of methoxy groups -OCH3 is 1. The van der Waals surface area contributed by atoms with Crippen LogP contribution in [0.3, 0.4) is 0 Å². The molecule has 2 rings (SSSR count). The molecule has 0 radical (unpaired) electrons. The first-order valence-corrected chi connectivity index (χ1v) is 4.62. The van der Waals surface area contributed by atoms with Crippen LogP contribution in [0.5, 0.6) is 5.75 Å². The van der Waals surface area contributed by atoms with Crippen molar-refractivity contribution in [2.45, 2.75) is 6.18 Å². The van der Waals surface area contributed by atoms with Gasteiger partial charge in [-0.3, -0.25) is 0 Å². The number of alkyl halides is 3. The average molecular weight is 244 g/mol. The average Bonchev–Trinajstić information content (AvgIpc) is 2.25. The normalized spacial score (nSPS) is 11.8. The summed E-state index contributed by atoms with van der Waals surface area (Å²) in [7, 11) is 0.996. The minimum atomic E-state index is -4.68. The molecule has 0 aliphatic carbocycles. The Bertz CT molecular complexity index is 613. The summed E-state index contributed by atoms with van der Waals surface area (Å²) in [6.07, 6.45) is -4.68. The van der Waals surface area contributed by atoms with Gasteiger partial charge in [-0.2, -0.15) is 13.2 Å². The molecule has 0 atom stereocenters. The van der Waals surface area contributed by atoms with Crippen LogP contribution >= 0.6 is 0 Å². The van der Waals surface area contributed by atoms with Gasteiger partial charge >= 0.3 is 11.8 Å². The Labute approximate surface area is 93.4 Å². The van der Waals surface area contributed by atoms with E-state index in [0.29, 0.717) is 0 Å². The van der Waals surface area contributed by atoms with Crippen molar-refractivity contribution in [3.05, 3.63) is 40.2 Å². The number of rotatable bonds is 1. The third-order valence-corrected chi connectivity index (χ3v) is 2.26. The number of para-hydroxylation sites is 1. The smallest absolute Gasteiger partial charge is 0.420 e. The van der Waals surface area contributed by atoms with Crippen LogP contribution in [0.15, 0.2) is 33.5 Å². The van der Waals surface area contributed by atoms with E-state index in [4.69, 9.17) is 4.42 Å². The molecule has 0 fully saturated rings. The lowest BCUT2D eigenvalue weighted by Gasteiger charge is -2.12. The van der Waals surface area contributed by atoms with Crippen LogP contribution in [-0.4, -0.2) is 7.11 Å². The number of halogens is 3. The Morgan fingerprint density at radius 1 is 1.24 bits per heavy atom. The number of benzene rings is 1. The van der Waals surface area contributed by atoms with E-state index in [9.17, 15) is 18.0 Å². The molecule has 0 spiro atoms. The van der Waals surface area contributed by atoms with E-state index in [1.54, 1.807) is 0 Å². The first-order chi connectivity index (χ1) is 7.95. The molecule has 17 heavy (non-hydrogen) atoms. The minimum Gasteiger partial charge on any atom is -0.489 e. The third kappa shape index (κ3) is 1.86. The van der Waals surface area contributed by atoms with E-state index in [1.165, 1.54) is 24.3 Å². The fourth-order valence-electron chi connectivity index (χ4n) is 1.60. The molecule has 1 heterocycles. The van der Waals surface area contributed by atoms with Crippen molar-refractivity contribution in [1.29, 1.82) is 0 Å². The second-order valence-electron chi connectivity index (χ2n) is 3.29. The van der Waals surface area contributed by atoms with Gasteiger partial charge < -0.3 is 9.15 Å². The van der Waals surface area contributed by atoms with Crippen LogP contribution in [0.25, 0.3) is 11.0 Å². The summed E-state index contributed by atoms with van der Waals surface area (Å²) in [6.45, 7) is 0. The summed E-state index contributed by atoms with van der Waals surface area (Å²) in [5.41, 5.74) is -2.36. The van der Waals surface area contributed by atoms with E-state index in [2.05, 4.69) is 4.74 Å². The molecular weight excluding hydrogens is 237 g/mol. The monoisotopic (exact) mass is 244 g/mol. The van der Waals surface area contributed by atoms with Crippen LogP contribution in [0.4, 0.5) is 13.2 Å². The first-order valence-electron chi connectivity index (χ1n) is 4.62.